The van der Waals surface area contributed by atoms with Crippen LogP contribution in [0.15, 0.2) is 18.2 Å². The molecule has 0 fully saturated rings. The molecule has 0 unspecified atom stereocenters. The van der Waals surface area contributed by atoms with Crippen LogP contribution in [0, 0.1) is 0 Å². The average molecular weight is 237 g/mol. The fourth-order valence-corrected chi connectivity index (χ4v) is 2.52. The van der Waals surface area contributed by atoms with Crippen molar-refractivity contribution in [2.75, 3.05) is 18.6 Å². The van der Waals surface area contributed by atoms with Crippen molar-refractivity contribution in [3.8, 4) is 5.75 Å². The molecule has 0 aromatic heterocycles. The quantitative estimate of drug-likeness (QED) is 0.800. The number of ether oxygens (including phenoxy) is 1. The largest absolute Gasteiger partial charge is 0.494 e. The highest BCUT2D eigenvalue weighted by atomic mass is 32.2. The zero-order valence-corrected chi connectivity index (χ0v) is 10.6. The monoisotopic (exact) mass is 237 g/mol. The van der Waals surface area contributed by atoms with E-state index in [2.05, 4.69) is 18.4 Å². The van der Waals surface area contributed by atoms with Gasteiger partial charge in [-0.15, -0.1) is 0 Å². The van der Waals surface area contributed by atoms with Crippen LogP contribution in [0.3, 0.4) is 0 Å². The first-order valence-electron chi connectivity index (χ1n) is 5.81. The molecule has 0 radical (unpaired) electrons. The highest BCUT2D eigenvalue weighted by molar-refractivity contribution is 7.98. The number of fused-ring (bicyclic) bond motifs is 1. The van der Waals surface area contributed by atoms with Crippen LogP contribution in [-0.4, -0.2) is 18.6 Å². The van der Waals surface area contributed by atoms with Gasteiger partial charge in [-0.05, 0) is 54.5 Å². The zero-order chi connectivity index (χ0) is 11.4. The molecule has 2 rings (SSSR count). The first kappa shape index (κ1) is 11.8. The highest BCUT2D eigenvalue weighted by Gasteiger charge is 2.18. The van der Waals surface area contributed by atoms with Crippen molar-refractivity contribution in [3.63, 3.8) is 0 Å². The van der Waals surface area contributed by atoms with Gasteiger partial charge in [0.25, 0.3) is 0 Å². The van der Waals surface area contributed by atoms with E-state index in [0.717, 1.165) is 37.4 Å². The van der Waals surface area contributed by atoms with E-state index in [0.29, 0.717) is 0 Å². The van der Waals surface area contributed by atoms with Gasteiger partial charge in [-0.3, -0.25) is 0 Å². The Hall–Kier alpha value is -0.670. The van der Waals surface area contributed by atoms with Gasteiger partial charge in [-0.25, -0.2) is 0 Å². The minimum absolute atomic E-state index is 0.237. The van der Waals surface area contributed by atoms with Gasteiger partial charge in [0.15, 0.2) is 0 Å². The minimum atomic E-state index is 0.237. The van der Waals surface area contributed by atoms with Crippen molar-refractivity contribution in [1.29, 1.82) is 0 Å². The summed E-state index contributed by atoms with van der Waals surface area (Å²) in [4.78, 5) is 0. The predicted molar refractivity (Wildman–Crippen MR) is 70.2 cm³/mol. The molecule has 1 aromatic rings. The summed E-state index contributed by atoms with van der Waals surface area (Å²) < 4.78 is 5.71. The molecular weight excluding hydrogens is 218 g/mol. The summed E-state index contributed by atoms with van der Waals surface area (Å²) in [6.07, 6.45) is 5.40. The lowest BCUT2D eigenvalue weighted by Gasteiger charge is -2.09. The fourth-order valence-electron chi connectivity index (χ4n) is 2.11. The molecule has 2 nitrogen and oxygen atoms in total. The average Bonchev–Trinajstić information content (AvgIpc) is 2.66. The topological polar surface area (TPSA) is 35.2 Å². The van der Waals surface area contributed by atoms with Gasteiger partial charge in [-0.2, -0.15) is 11.8 Å². The minimum Gasteiger partial charge on any atom is -0.494 e. The smallest absolute Gasteiger partial charge is 0.119 e. The molecule has 16 heavy (non-hydrogen) atoms. The zero-order valence-electron chi connectivity index (χ0n) is 9.74. The Bertz CT molecular complexity index is 354. The van der Waals surface area contributed by atoms with Crippen LogP contribution in [0.2, 0.25) is 0 Å². The van der Waals surface area contributed by atoms with Gasteiger partial charge in [0.2, 0.25) is 0 Å². The summed E-state index contributed by atoms with van der Waals surface area (Å²) in [5.41, 5.74) is 8.67. The molecule has 0 aliphatic heterocycles. The van der Waals surface area contributed by atoms with Crippen molar-refractivity contribution < 1.29 is 4.74 Å². The van der Waals surface area contributed by atoms with E-state index >= 15 is 0 Å². The summed E-state index contributed by atoms with van der Waals surface area (Å²) in [5.74, 6) is 2.16. The summed E-state index contributed by atoms with van der Waals surface area (Å²) in [6, 6.07) is 6.56. The number of benzene rings is 1. The van der Waals surface area contributed by atoms with Crippen LogP contribution < -0.4 is 10.5 Å². The Balaban J connectivity index is 1.92. The maximum atomic E-state index is 5.99. The summed E-state index contributed by atoms with van der Waals surface area (Å²) in [5, 5.41) is 0. The molecule has 1 aliphatic carbocycles. The third kappa shape index (κ3) is 2.71. The molecule has 1 aromatic carbocycles. The Kier molecular flexibility index (Phi) is 4.13. The lowest BCUT2D eigenvalue weighted by atomic mass is 10.1. The van der Waals surface area contributed by atoms with Crippen LogP contribution >= 0.6 is 11.8 Å². The lowest BCUT2D eigenvalue weighted by molar-refractivity contribution is 0.318. The first-order valence-corrected chi connectivity index (χ1v) is 7.21. The second-order valence-corrected chi connectivity index (χ2v) is 5.19. The predicted octanol–water partition coefficient (Wildman–Crippen LogP) is 2.76. The summed E-state index contributed by atoms with van der Waals surface area (Å²) in [7, 11) is 0. The number of hydrogen-bond donors (Lipinski definition) is 1. The maximum Gasteiger partial charge on any atom is 0.119 e. The van der Waals surface area contributed by atoms with Gasteiger partial charge < -0.3 is 10.5 Å². The normalized spacial score (nSPS) is 18.5. The number of hydrogen-bond acceptors (Lipinski definition) is 3. The van der Waals surface area contributed by atoms with Crippen LogP contribution in [0.25, 0.3) is 0 Å². The van der Waals surface area contributed by atoms with Crippen molar-refractivity contribution in [3.05, 3.63) is 29.3 Å². The molecule has 0 spiro atoms. The Labute approximate surface area is 102 Å². The lowest BCUT2D eigenvalue weighted by Crippen LogP contribution is -2.05. The molecule has 1 aliphatic rings. The van der Waals surface area contributed by atoms with Gasteiger partial charge in [-0.1, -0.05) is 6.07 Å². The number of nitrogens with two attached hydrogens (primary N) is 1. The molecule has 1 atom stereocenters. The fraction of sp³-hybridized carbons (Fsp3) is 0.538. The van der Waals surface area contributed by atoms with Crippen LogP contribution in [-0.2, 0) is 6.42 Å². The second kappa shape index (κ2) is 5.60. The molecule has 88 valence electrons. The van der Waals surface area contributed by atoms with Crippen LogP contribution in [0.1, 0.15) is 30.0 Å². The third-order valence-corrected chi connectivity index (χ3v) is 3.70. The molecule has 3 heteroatoms. The van der Waals surface area contributed by atoms with Crippen LogP contribution in [0.5, 0.6) is 5.75 Å². The van der Waals surface area contributed by atoms with E-state index < -0.39 is 0 Å². The number of rotatable bonds is 5. The standard InChI is InChI=1S/C13H19NOS/c1-16-8-2-7-15-11-4-5-12-10(9-11)3-6-13(12)14/h4-5,9,13H,2-3,6-8,14H2,1H3/t13-/m1/s1. The van der Waals surface area contributed by atoms with Gasteiger partial charge in [0.1, 0.15) is 5.75 Å². The second-order valence-electron chi connectivity index (χ2n) is 4.20. The molecule has 0 amide bonds. The molecule has 2 N–H and O–H groups in total. The molecule has 0 saturated carbocycles. The van der Waals surface area contributed by atoms with Crippen LogP contribution in [0.4, 0.5) is 0 Å². The van der Waals surface area contributed by atoms with E-state index in [9.17, 15) is 0 Å². The number of thioether (sulfide) groups is 1. The van der Waals surface area contributed by atoms with Gasteiger partial charge in [0.05, 0.1) is 6.61 Å². The van der Waals surface area contributed by atoms with Gasteiger partial charge >= 0.3 is 0 Å². The first-order chi connectivity index (χ1) is 7.81. The van der Waals surface area contributed by atoms with Crippen molar-refractivity contribution in [2.24, 2.45) is 5.73 Å². The summed E-state index contributed by atoms with van der Waals surface area (Å²) in [6.45, 7) is 0.811. The van der Waals surface area contributed by atoms with E-state index in [-0.39, 0.29) is 6.04 Å². The third-order valence-electron chi connectivity index (χ3n) is 3.00. The van der Waals surface area contributed by atoms with Crippen molar-refractivity contribution in [2.45, 2.75) is 25.3 Å². The summed E-state index contributed by atoms with van der Waals surface area (Å²) >= 11 is 1.86. The van der Waals surface area contributed by atoms with E-state index in [1.54, 1.807) is 0 Å². The highest BCUT2D eigenvalue weighted by Crippen LogP contribution is 2.31. The van der Waals surface area contributed by atoms with E-state index in [1.807, 2.05) is 17.8 Å². The Morgan fingerprint density at radius 3 is 3.19 bits per heavy atom. The Morgan fingerprint density at radius 1 is 1.50 bits per heavy atom. The van der Waals surface area contributed by atoms with Crippen molar-refractivity contribution >= 4 is 11.8 Å². The maximum absolute atomic E-state index is 5.99. The molecular formula is C13H19NOS. The number of aryl methyl sites for hydroxylation is 1. The van der Waals surface area contributed by atoms with E-state index in [4.69, 9.17) is 10.5 Å². The Morgan fingerprint density at radius 2 is 2.38 bits per heavy atom. The van der Waals surface area contributed by atoms with E-state index in [1.165, 1.54) is 11.1 Å². The van der Waals surface area contributed by atoms with Crippen molar-refractivity contribution in [1.82, 2.24) is 0 Å². The molecule has 0 heterocycles. The SMILES string of the molecule is CSCCCOc1ccc2c(c1)CC[C@H]2N. The molecule has 0 bridgehead atoms. The van der Waals surface area contributed by atoms with Gasteiger partial charge in [0, 0.05) is 6.04 Å². The molecule has 0 saturated heterocycles.